The zero-order valence-corrected chi connectivity index (χ0v) is 15.7. The summed E-state index contributed by atoms with van der Waals surface area (Å²) in [5.41, 5.74) is -0.217. The molecule has 0 aromatic carbocycles. The molecule has 0 atom stereocenters. The Hall–Kier alpha value is -1.06. The summed E-state index contributed by atoms with van der Waals surface area (Å²) in [7, 11) is 0. The summed E-state index contributed by atoms with van der Waals surface area (Å²) in [5.74, 6) is -1.19. The molecule has 23 heavy (non-hydrogen) atoms. The van der Waals surface area contributed by atoms with Crippen molar-refractivity contribution in [3.8, 4) is 0 Å². The van der Waals surface area contributed by atoms with Gasteiger partial charge in [0.15, 0.2) is 5.92 Å². The Morgan fingerprint density at radius 1 is 0.870 bits per heavy atom. The van der Waals surface area contributed by atoms with Crippen LogP contribution in [-0.2, 0) is 19.1 Å². The number of hydrogen-bond donors (Lipinski definition) is 0. The van der Waals surface area contributed by atoms with Crippen molar-refractivity contribution in [2.75, 3.05) is 13.2 Å². The number of carbonyl (C=O) groups is 2. The fraction of sp³-hybridized carbons (Fsp3) is 0.895. The van der Waals surface area contributed by atoms with E-state index in [0.29, 0.717) is 25.6 Å². The number of hydrogen-bond acceptors (Lipinski definition) is 4. The Morgan fingerprint density at radius 2 is 1.26 bits per heavy atom. The van der Waals surface area contributed by atoms with Crippen LogP contribution in [0.25, 0.3) is 0 Å². The molecule has 1 saturated carbocycles. The Bertz CT molecular complexity index is 365. The third-order valence-corrected chi connectivity index (χ3v) is 3.91. The van der Waals surface area contributed by atoms with Gasteiger partial charge in [-0.05, 0) is 23.2 Å². The van der Waals surface area contributed by atoms with Gasteiger partial charge in [-0.25, -0.2) is 0 Å². The highest BCUT2D eigenvalue weighted by Gasteiger charge is 2.34. The van der Waals surface area contributed by atoms with E-state index >= 15 is 0 Å². The summed E-state index contributed by atoms with van der Waals surface area (Å²) in [5, 5.41) is 0. The van der Waals surface area contributed by atoms with Gasteiger partial charge in [-0.2, -0.15) is 0 Å². The molecule has 1 aliphatic rings. The van der Waals surface area contributed by atoms with Crippen LogP contribution in [0.15, 0.2) is 0 Å². The van der Waals surface area contributed by atoms with E-state index in [9.17, 15) is 9.59 Å². The lowest BCUT2D eigenvalue weighted by molar-refractivity contribution is -0.166. The van der Waals surface area contributed by atoms with Crippen LogP contribution < -0.4 is 0 Å². The summed E-state index contributed by atoms with van der Waals surface area (Å²) >= 11 is 0. The third kappa shape index (κ3) is 8.38. The average molecular weight is 326 g/mol. The fourth-order valence-electron chi connectivity index (χ4n) is 2.64. The van der Waals surface area contributed by atoms with Gasteiger partial charge in [0.25, 0.3) is 0 Å². The van der Waals surface area contributed by atoms with Gasteiger partial charge in [0.05, 0.1) is 13.2 Å². The molecule has 0 bridgehead atoms. The monoisotopic (exact) mass is 326 g/mol. The average Bonchev–Trinajstić information content (AvgIpc) is 2.91. The molecule has 4 nitrogen and oxygen atoms in total. The lowest BCUT2D eigenvalue weighted by Gasteiger charge is -2.24. The largest absolute Gasteiger partial charge is 0.464 e. The van der Waals surface area contributed by atoms with Gasteiger partial charge in [-0.3, -0.25) is 9.59 Å². The molecule has 0 spiro atoms. The number of ether oxygens (including phenoxy) is 2. The van der Waals surface area contributed by atoms with Crippen molar-refractivity contribution >= 4 is 11.9 Å². The topological polar surface area (TPSA) is 52.6 Å². The van der Waals surface area contributed by atoms with Crippen LogP contribution in [0.1, 0.15) is 73.6 Å². The molecule has 0 radical (unpaired) electrons. The zero-order chi connectivity index (χ0) is 17.7. The smallest absolute Gasteiger partial charge is 0.320 e. The second-order valence-corrected chi connectivity index (χ2v) is 9.28. The fourth-order valence-corrected chi connectivity index (χ4v) is 2.64. The molecule has 1 aliphatic carbocycles. The molecule has 0 aromatic rings. The molecule has 134 valence electrons. The standard InChI is InChI=1S/C19H34O4/c1-18(2,3)12-22-16(20)15(11-14-9-7-8-10-14)17(21)23-13-19(4,5)6/h14-15H,7-13H2,1-6H3. The molecule has 0 aromatic heterocycles. The summed E-state index contributed by atoms with van der Waals surface area (Å²) in [4.78, 5) is 24.8. The summed E-state index contributed by atoms with van der Waals surface area (Å²) in [6.07, 6.45) is 5.12. The van der Waals surface area contributed by atoms with Crippen molar-refractivity contribution in [3.05, 3.63) is 0 Å². The molecule has 0 amide bonds. The first kappa shape index (κ1) is 20.0. The van der Waals surface area contributed by atoms with E-state index in [-0.39, 0.29) is 10.8 Å². The quantitative estimate of drug-likeness (QED) is 0.537. The SMILES string of the molecule is CC(C)(C)COC(=O)C(CC1CCCC1)C(=O)OCC(C)(C)C. The van der Waals surface area contributed by atoms with Crippen LogP contribution in [0.4, 0.5) is 0 Å². The summed E-state index contributed by atoms with van der Waals surface area (Å²) in [6, 6.07) is 0. The molecule has 1 fully saturated rings. The van der Waals surface area contributed by atoms with Crippen LogP contribution in [-0.4, -0.2) is 25.2 Å². The van der Waals surface area contributed by atoms with Gasteiger partial charge < -0.3 is 9.47 Å². The molecule has 0 unspecified atom stereocenters. The van der Waals surface area contributed by atoms with Crippen molar-refractivity contribution < 1.29 is 19.1 Å². The van der Waals surface area contributed by atoms with E-state index in [1.165, 1.54) is 12.8 Å². The molecule has 0 N–H and O–H groups in total. The zero-order valence-electron chi connectivity index (χ0n) is 15.7. The van der Waals surface area contributed by atoms with Crippen molar-refractivity contribution in [2.45, 2.75) is 73.6 Å². The van der Waals surface area contributed by atoms with E-state index in [4.69, 9.17) is 9.47 Å². The van der Waals surface area contributed by atoms with Gasteiger partial charge in [-0.15, -0.1) is 0 Å². The molecule has 4 heteroatoms. The molecule has 0 aliphatic heterocycles. The second kappa shape index (κ2) is 8.16. The van der Waals surface area contributed by atoms with Crippen LogP contribution >= 0.6 is 0 Å². The van der Waals surface area contributed by atoms with E-state index in [0.717, 1.165) is 12.8 Å². The van der Waals surface area contributed by atoms with Gasteiger partial charge in [0.2, 0.25) is 0 Å². The van der Waals surface area contributed by atoms with Gasteiger partial charge in [0, 0.05) is 0 Å². The van der Waals surface area contributed by atoms with Gasteiger partial charge >= 0.3 is 11.9 Å². The van der Waals surface area contributed by atoms with Crippen molar-refractivity contribution in [3.63, 3.8) is 0 Å². The Morgan fingerprint density at radius 3 is 1.61 bits per heavy atom. The molecule has 0 saturated heterocycles. The van der Waals surface area contributed by atoms with Crippen LogP contribution in [0.3, 0.4) is 0 Å². The molecule has 0 heterocycles. The summed E-state index contributed by atoms with van der Waals surface area (Å²) < 4.78 is 10.8. The number of rotatable bonds is 6. The van der Waals surface area contributed by atoms with Crippen LogP contribution in [0.5, 0.6) is 0 Å². The maximum atomic E-state index is 12.4. The number of carbonyl (C=O) groups excluding carboxylic acids is 2. The lowest BCUT2D eigenvalue weighted by Crippen LogP contribution is -2.33. The predicted octanol–water partition coefficient (Wildman–Crippen LogP) is 4.36. The second-order valence-electron chi connectivity index (χ2n) is 9.28. The molecule has 1 rings (SSSR count). The minimum atomic E-state index is -0.775. The Labute approximate surface area is 141 Å². The van der Waals surface area contributed by atoms with E-state index in [2.05, 4.69) is 0 Å². The molecular formula is C19H34O4. The van der Waals surface area contributed by atoms with Gasteiger partial charge in [-0.1, -0.05) is 67.2 Å². The maximum Gasteiger partial charge on any atom is 0.320 e. The van der Waals surface area contributed by atoms with Crippen molar-refractivity contribution in [1.29, 1.82) is 0 Å². The van der Waals surface area contributed by atoms with E-state index in [1.54, 1.807) is 0 Å². The first-order valence-corrected chi connectivity index (χ1v) is 8.81. The van der Waals surface area contributed by atoms with Crippen LogP contribution in [0.2, 0.25) is 0 Å². The normalized spacial score (nSPS) is 16.7. The van der Waals surface area contributed by atoms with Gasteiger partial charge in [0.1, 0.15) is 0 Å². The molecular weight excluding hydrogens is 292 g/mol. The highest BCUT2D eigenvalue weighted by molar-refractivity contribution is 5.94. The van der Waals surface area contributed by atoms with Crippen molar-refractivity contribution in [2.24, 2.45) is 22.7 Å². The van der Waals surface area contributed by atoms with Crippen molar-refractivity contribution in [1.82, 2.24) is 0 Å². The minimum Gasteiger partial charge on any atom is -0.464 e. The highest BCUT2D eigenvalue weighted by atomic mass is 16.6. The summed E-state index contributed by atoms with van der Waals surface area (Å²) in [6.45, 7) is 12.7. The highest BCUT2D eigenvalue weighted by Crippen LogP contribution is 2.31. The third-order valence-electron chi connectivity index (χ3n) is 3.91. The first-order valence-electron chi connectivity index (χ1n) is 8.81. The number of esters is 2. The van der Waals surface area contributed by atoms with Crippen LogP contribution in [0, 0.1) is 22.7 Å². The lowest BCUT2D eigenvalue weighted by atomic mass is 9.92. The Kier molecular flexibility index (Phi) is 7.09. The first-order chi connectivity index (χ1) is 10.5. The minimum absolute atomic E-state index is 0.108. The van der Waals surface area contributed by atoms with E-state index < -0.39 is 17.9 Å². The Balaban J connectivity index is 2.66. The predicted molar refractivity (Wildman–Crippen MR) is 90.9 cm³/mol. The maximum absolute atomic E-state index is 12.4. The van der Waals surface area contributed by atoms with E-state index in [1.807, 2.05) is 41.5 Å².